The van der Waals surface area contributed by atoms with Gasteiger partial charge < -0.3 is 14.9 Å². The fraction of sp³-hybridized carbons (Fsp3) is 0.688. The molecule has 0 aromatic rings. The molecule has 3 heterocycles. The van der Waals surface area contributed by atoms with E-state index >= 15 is 0 Å². The van der Waals surface area contributed by atoms with Crippen LogP contribution in [0, 0.1) is 0 Å². The van der Waals surface area contributed by atoms with Crippen molar-refractivity contribution >= 4 is 5.97 Å². The van der Waals surface area contributed by atoms with Crippen LogP contribution < -0.4 is 0 Å². The van der Waals surface area contributed by atoms with Gasteiger partial charge in [-0.05, 0) is 49.8 Å². The van der Waals surface area contributed by atoms with Crippen LogP contribution in [0.2, 0.25) is 0 Å². The number of carbonyl (C=O) groups excluding carboxylic acids is 1. The van der Waals surface area contributed by atoms with E-state index in [2.05, 4.69) is 11.0 Å². The maximum Gasteiger partial charge on any atom is 0.331 e. The molecule has 1 spiro atoms. The number of aliphatic hydroxyl groups is 2. The summed E-state index contributed by atoms with van der Waals surface area (Å²) in [5.74, 6) is -0.378. The van der Waals surface area contributed by atoms with E-state index in [-0.39, 0.29) is 12.6 Å². The quantitative estimate of drug-likeness (QED) is 0.503. The molecule has 2 saturated heterocycles. The van der Waals surface area contributed by atoms with Gasteiger partial charge in [0.05, 0.1) is 11.6 Å². The van der Waals surface area contributed by atoms with E-state index in [0.29, 0.717) is 19.3 Å². The summed E-state index contributed by atoms with van der Waals surface area (Å²) in [6, 6.07) is 0. The number of ether oxygens (including phenoxy) is 1. The molecule has 5 nitrogen and oxygen atoms in total. The van der Waals surface area contributed by atoms with Crippen LogP contribution in [0.4, 0.5) is 0 Å². The largest absolute Gasteiger partial charge is 0.459 e. The zero-order valence-electron chi connectivity index (χ0n) is 12.0. The lowest BCUT2D eigenvalue weighted by molar-refractivity contribution is -0.148. The first-order valence-electron chi connectivity index (χ1n) is 7.79. The molecule has 5 heteroatoms. The molecule has 1 aliphatic carbocycles. The monoisotopic (exact) mass is 291 g/mol. The second-order valence-electron chi connectivity index (χ2n) is 6.72. The minimum atomic E-state index is -1.08. The van der Waals surface area contributed by atoms with Crippen molar-refractivity contribution < 1.29 is 19.7 Å². The molecule has 4 rings (SSSR count). The van der Waals surface area contributed by atoms with Crippen LogP contribution in [0.25, 0.3) is 0 Å². The zero-order chi connectivity index (χ0) is 14.7. The molecule has 0 saturated carbocycles. The number of rotatable bonds is 0. The number of nitrogens with zero attached hydrogens (tertiary/aromatic N) is 1. The van der Waals surface area contributed by atoms with E-state index in [1.807, 2.05) is 0 Å². The molecule has 2 N–H and O–H groups in total. The van der Waals surface area contributed by atoms with E-state index < -0.39 is 17.2 Å². The third-order valence-electron chi connectivity index (χ3n) is 5.57. The molecule has 3 atom stereocenters. The van der Waals surface area contributed by atoms with E-state index in [1.165, 1.54) is 11.6 Å². The number of carbonyl (C=O) groups is 1. The highest BCUT2D eigenvalue weighted by Crippen LogP contribution is 2.53. The molecule has 0 bridgehead atoms. The highest BCUT2D eigenvalue weighted by molar-refractivity contribution is 5.85. The van der Waals surface area contributed by atoms with Crippen LogP contribution in [-0.2, 0) is 9.53 Å². The van der Waals surface area contributed by atoms with Gasteiger partial charge in [-0.3, -0.25) is 4.90 Å². The molecule has 21 heavy (non-hydrogen) atoms. The summed E-state index contributed by atoms with van der Waals surface area (Å²) in [5, 5.41) is 21.3. The van der Waals surface area contributed by atoms with Crippen molar-refractivity contribution in [3.8, 4) is 0 Å². The van der Waals surface area contributed by atoms with Crippen LogP contribution in [-0.4, -0.2) is 58.0 Å². The zero-order valence-corrected chi connectivity index (χ0v) is 12.0. The molecular weight excluding hydrogens is 270 g/mol. The first-order chi connectivity index (χ1) is 10.0. The van der Waals surface area contributed by atoms with Crippen molar-refractivity contribution in [2.45, 2.75) is 49.3 Å². The minimum Gasteiger partial charge on any atom is -0.459 e. The van der Waals surface area contributed by atoms with Crippen LogP contribution in [0.3, 0.4) is 0 Å². The Morgan fingerprint density at radius 1 is 1.38 bits per heavy atom. The molecule has 2 fully saturated rings. The van der Waals surface area contributed by atoms with Crippen molar-refractivity contribution in [2.24, 2.45) is 0 Å². The highest BCUT2D eigenvalue weighted by Gasteiger charge is 2.58. The predicted octanol–water partition coefficient (Wildman–Crippen LogP) is 0.520. The Hall–Kier alpha value is -1.17. The van der Waals surface area contributed by atoms with E-state index in [0.717, 1.165) is 31.5 Å². The van der Waals surface area contributed by atoms with Crippen molar-refractivity contribution in [1.29, 1.82) is 0 Å². The summed E-state index contributed by atoms with van der Waals surface area (Å²) in [7, 11) is 0. The molecule has 0 aromatic carbocycles. The van der Waals surface area contributed by atoms with Gasteiger partial charge in [-0.15, -0.1) is 0 Å². The lowest BCUT2D eigenvalue weighted by Gasteiger charge is -2.48. The third-order valence-corrected chi connectivity index (χ3v) is 5.57. The van der Waals surface area contributed by atoms with Crippen molar-refractivity contribution in [2.75, 3.05) is 19.7 Å². The summed E-state index contributed by atoms with van der Waals surface area (Å²) in [6.07, 6.45) is 6.84. The van der Waals surface area contributed by atoms with Gasteiger partial charge in [0.1, 0.15) is 12.2 Å². The fourth-order valence-electron chi connectivity index (χ4n) is 4.68. The molecule has 0 amide bonds. The molecule has 4 aliphatic rings. The van der Waals surface area contributed by atoms with Gasteiger partial charge in [0.2, 0.25) is 0 Å². The average molecular weight is 291 g/mol. The number of esters is 1. The van der Waals surface area contributed by atoms with Gasteiger partial charge in [0.15, 0.2) is 0 Å². The number of hydrogen-bond acceptors (Lipinski definition) is 5. The lowest BCUT2D eigenvalue weighted by atomic mass is 9.68. The summed E-state index contributed by atoms with van der Waals surface area (Å²) < 4.78 is 5.09. The average Bonchev–Trinajstić information content (AvgIpc) is 2.75. The molecular formula is C16H21NO4. The van der Waals surface area contributed by atoms with Crippen LogP contribution in [0.5, 0.6) is 0 Å². The summed E-state index contributed by atoms with van der Waals surface area (Å²) in [4.78, 5) is 14.2. The van der Waals surface area contributed by atoms with Gasteiger partial charge in [-0.1, -0.05) is 6.08 Å². The Morgan fingerprint density at radius 2 is 2.24 bits per heavy atom. The SMILES string of the molecule is O=C1C=C2C(O)(CCCN3CCC4=CCC(O)CC423)CO1. The van der Waals surface area contributed by atoms with Crippen molar-refractivity contribution in [1.82, 2.24) is 4.90 Å². The molecule has 0 aromatic heterocycles. The smallest absolute Gasteiger partial charge is 0.331 e. The predicted molar refractivity (Wildman–Crippen MR) is 75.5 cm³/mol. The fourth-order valence-corrected chi connectivity index (χ4v) is 4.68. The van der Waals surface area contributed by atoms with Gasteiger partial charge in [-0.25, -0.2) is 4.79 Å². The van der Waals surface area contributed by atoms with Gasteiger partial charge >= 0.3 is 5.97 Å². The second kappa shape index (κ2) is 4.41. The Labute approximate surface area is 123 Å². The topological polar surface area (TPSA) is 70.0 Å². The second-order valence-corrected chi connectivity index (χ2v) is 6.72. The Morgan fingerprint density at radius 3 is 3.10 bits per heavy atom. The third kappa shape index (κ3) is 1.77. The van der Waals surface area contributed by atoms with Crippen molar-refractivity contribution in [3.63, 3.8) is 0 Å². The molecule has 3 unspecified atom stereocenters. The molecule has 0 radical (unpaired) electrons. The van der Waals surface area contributed by atoms with E-state index in [4.69, 9.17) is 4.74 Å². The van der Waals surface area contributed by atoms with Crippen LogP contribution in [0.15, 0.2) is 23.3 Å². The molecule has 114 valence electrons. The molecule has 3 aliphatic heterocycles. The van der Waals surface area contributed by atoms with E-state index in [1.54, 1.807) is 0 Å². The minimum absolute atomic E-state index is 0.0383. The Kier molecular flexibility index (Phi) is 2.83. The first-order valence-corrected chi connectivity index (χ1v) is 7.79. The van der Waals surface area contributed by atoms with Gasteiger partial charge in [0.25, 0.3) is 0 Å². The van der Waals surface area contributed by atoms with E-state index in [9.17, 15) is 15.0 Å². The number of hydrogen-bond donors (Lipinski definition) is 2. The van der Waals surface area contributed by atoms with Crippen molar-refractivity contribution in [3.05, 3.63) is 23.3 Å². The summed E-state index contributed by atoms with van der Waals surface area (Å²) >= 11 is 0. The standard InChI is InChI=1S/C16H21NO4/c18-12-3-2-11-4-7-17-6-1-5-15(20)10-21-14(19)8-13(15)16(11,17)9-12/h2,8,12,18,20H,1,3-7,9-10H2. The Balaban J connectivity index is 1.92. The number of cyclic esters (lactones) is 1. The van der Waals surface area contributed by atoms with Crippen LogP contribution >= 0.6 is 0 Å². The highest BCUT2D eigenvalue weighted by atomic mass is 16.5. The summed E-state index contributed by atoms with van der Waals surface area (Å²) in [5.41, 5.74) is 0.464. The lowest BCUT2D eigenvalue weighted by Crippen LogP contribution is -2.56. The number of aliphatic hydroxyl groups excluding tert-OH is 1. The maximum atomic E-state index is 11.8. The van der Waals surface area contributed by atoms with Gasteiger partial charge in [-0.2, -0.15) is 0 Å². The maximum absolute atomic E-state index is 11.8. The van der Waals surface area contributed by atoms with Gasteiger partial charge in [0, 0.05) is 12.6 Å². The van der Waals surface area contributed by atoms with Crippen LogP contribution in [0.1, 0.15) is 32.1 Å². The first kappa shape index (κ1) is 13.5. The number of fused-ring (bicyclic) bond motifs is 1. The Bertz CT molecular complexity index is 554. The summed E-state index contributed by atoms with van der Waals surface area (Å²) in [6.45, 7) is 1.86. The normalized spacial score (nSPS) is 43.0.